The van der Waals surface area contributed by atoms with Gasteiger partial charge in [0.15, 0.2) is 0 Å². The first-order valence-corrected chi connectivity index (χ1v) is 10.0. The Balaban J connectivity index is 1.49. The molecule has 1 aromatic heterocycles. The maximum Gasteiger partial charge on any atom is 0.273 e. The van der Waals surface area contributed by atoms with Crippen LogP contribution in [-0.2, 0) is 22.6 Å². The lowest BCUT2D eigenvalue weighted by Gasteiger charge is -2.23. The average Bonchev–Trinajstić information content (AvgIpc) is 3.21. The van der Waals surface area contributed by atoms with Gasteiger partial charge in [-0.25, -0.2) is 9.69 Å². The van der Waals surface area contributed by atoms with E-state index < -0.39 is 0 Å². The van der Waals surface area contributed by atoms with E-state index in [9.17, 15) is 9.59 Å². The van der Waals surface area contributed by atoms with Crippen molar-refractivity contribution in [3.8, 4) is 0 Å². The number of amides is 2. The maximum absolute atomic E-state index is 12.8. The molecular weight excluding hydrogens is 378 g/mol. The molecule has 0 spiro atoms. The number of nitrogens with zero attached hydrogens (tertiary/aromatic N) is 4. The second-order valence-electron chi connectivity index (χ2n) is 7.09. The summed E-state index contributed by atoms with van der Waals surface area (Å²) in [6.07, 6.45) is 3.19. The van der Waals surface area contributed by atoms with Crippen LogP contribution in [0.5, 0.6) is 0 Å². The van der Waals surface area contributed by atoms with Crippen LogP contribution in [0.1, 0.15) is 30.9 Å². The Morgan fingerprint density at radius 1 is 1.00 bits per heavy atom. The van der Waals surface area contributed by atoms with Gasteiger partial charge in [0.05, 0.1) is 18.4 Å². The van der Waals surface area contributed by atoms with Gasteiger partial charge in [-0.15, -0.1) is 0 Å². The van der Waals surface area contributed by atoms with Crippen molar-refractivity contribution in [3.05, 3.63) is 78.0 Å². The fourth-order valence-electron chi connectivity index (χ4n) is 3.29. The fourth-order valence-corrected chi connectivity index (χ4v) is 3.29. The lowest BCUT2D eigenvalue weighted by molar-refractivity contribution is -0.118. The molecule has 1 aliphatic heterocycles. The molecule has 7 nitrogen and oxygen atoms in total. The fraction of sp³-hybridized carbons (Fsp3) is 0.217. The minimum Gasteiger partial charge on any atom is -0.306 e. The molecule has 152 valence electrons. The van der Waals surface area contributed by atoms with Crippen molar-refractivity contribution in [1.82, 2.24) is 9.78 Å². The van der Waals surface area contributed by atoms with Crippen molar-refractivity contribution in [3.63, 3.8) is 0 Å². The Hall–Kier alpha value is -3.74. The van der Waals surface area contributed by atoms with E-state index in [2.05, 4.69) is 46.7 Å². The number of carbonyl (C=O) groups excluding carboxylic acids is 2. The summed E-state index contributed by atoms with van der Waals surface area (Å²) in [5.74, 6) is 0.134. The summed E-state index contributed by atoms with van der Waals surface area (Å²) in [5, 5.41) is 12.8. The Labute approximate surface area is 175 Å². The summed E-state index contributed by atoms with van der Waals surface area (Å²) >= 11 is 0. The molecule has 1 N–H and O–H groups in total. The molecular formula is C23H23N5O2. The molecule has 2 heterocycles. The summed E-state index contributed by atoms with van der Waals surface area (Å²) in [6.45, 7) is 2.67. The zero-order valence-corrected chi connectivity index (χ0v) is 16.8. The first-order valence-electron chi connectivity index (χ1n) is 10.0. The Morgan fingerprint density at radius 2 is 1.73 bits per heavy atom. The van der Waals surface area contributed by atoms with Crippen LogP contribution in [0.3, 0.4) is 0 Å². The number of anilines is 2. The predicted molar refractivity (Wildman–Crippen MR) is 116 cm³/mol. The molecule has 2 aromatic carbocycles. The van der Waals surface area contributed by atoms with E-state index in [-0.39, 0.29) is 18.2 Å². The number of hydrazone groups is 1. The zero-order chi connectivity index (χ0) is 20.9. The number of rotatable bonds is 6. The van der Waals surface area contributed by atoms with Gasteiger partial charge in [0.1, 0.15) is 11.5 Å². The van der Waals surface area contributed by atoms with Gasteiger partial charge in [0.2, 0.25) is 5.91 Å². The molecule has 2 amide bonds. The van der Waals surface area contributed by atoms with Gasteiger partial charge in [-0.3, -0.25) is 9.59 Å². The average molecular weight is 401 g/mol. The molecule has 3 aromatic rings. The number of benzene rings is 2. The molecule has 0 bridgehead atoms. The van der Waals surface area contributed by atoms with E-state index in [1.807, 2.05) is 18.2 Å². The van der Waals surface area contributed by atoms with E-state index >= 15 is 0 Å². The number of para-hydroxylation sites is 1. The number of hydrogen-bond acceptors (Lipinski definition) is 4. The molecule has 0 fully saturated rings. The molecule has 7 heteroatoms. The SMILES string of the molecule is CCc1ccc(Cn2nccc2NC(=O)C2=NN(c3ccccc3)C(=O)CC2)cc1. The number of nitrogens with one attached hydrogen (secondary N) is 1. The highest BCUT2D eigenvalue weighted by Gasteiger charge is 2.26. The monoisotopic (exact) mass is 401 g/mol. The van der Waals surface area contributed by atoms with Crippen molar-refractivity contribution in [2.24, 2.45) is 5.10 Å². The van der Waals surface area contributed by atoms with Gasteiger partial charge in [-0.2, -0.15) is 10.2 Å². The summed E-state index contributed by atoms with van der Waals surface area (Å²) in [6, 6.07) is 19.2. The van der Waals surface area contributed by atoms with Gasteiger partial charge in [0.25, 0.3) is 5.91 Å². The first kappa shape index (κ1) is 19.6. The van der Waals surface area contributed by atoms with Gasteiger partial charge >= 0.3 is 0 Å². The minimum absolute atomic E-state index is 0.127. The van der Waals surface area contributed by atoms with Crippen molar-refractivity contribution in [1.29, 1.82) is 0 Å². The predicted octanol–water partition coefficient (Wildman–Crippen LogP) is 3.62. The summed E-state index contributed by atoms with van der Waals surface area (Å²) in [5.41, 5.74) is 3.34. The molecule has 0 radical (unpaired) electrons. The largest absolute Gasteiger partial charge is 0.306 e. The third-order valence-corrected chi connectivity index (χ3v) is 5.02. The van der Waals surface area contributed by atoms with E-state index in [0.717, 1.165) is 12.0 Å². The lowest BCUT2D eigenvalue weighted by Crippen LogP contribution is -2.36. The highest BCUT2D eigenvalue weighted by Crippen LogP contribution is 2.20. The molecule has 0 unspecified atom stereocenters. The summed E-state index contributed by atoms with van der Waals surface area (Å²) in [4.78, 5) is 25.1. The number of aromatic nitrogens is 2. The van der Waals surface area contributed by atoms with Gasteiger partial charge < -0.3 is 5.32 Å². The van der Waals surface area contributed by atoms with E-state index in [4.69, 9.17) is 0 Å². The first-order chi connectivity index (χ1) is 14.6. The highest BCUT2D eigenvalue weighted by atomic mass is 16.2. The quantitative estimate of drug-likeness (QED) is 0.685. The minimum atomic E-state index is -0.327. The topological polar surface area (TPSA) is 79.6 Å². The smallest absolute Gasteiger partial charge is 0.273 e. The van der Waals surface area contributed by atoms with Gasteiger partial charge in [-0.05, 0) is 29.7 Å². The lowest BCUT2D eigenvalue weighted by atomic mass is 10.1. The standard InChI is InChI=1S/C23H23N5O2/c1-2-17-8-10-18(11-9-17)16-27-21(14-15-24-27)25-23(30)20-12-13-22(29)28(26-20)19-6-4-3-5-7-19/h3-11,14-15H,2,12-13,16H2,1H3,(H,25,30). The zero-order valence-electron chi connectivity index (χ0n) is 16.8. The summed E-state index contributed by atoms with van der Waals surface area (Å²) < 4.78 is 1.74. The molecule has 0 aliphatic carbocycles. The van der Waals surface area contributed by atoms with Crippen LogP contribution in [0.25, 0.3) is 0 Å². The third kappa shape index (κ3) is 4.30. The Kier molecular flexibility index (Phi) is 5.70. The van der Waals surface area contributed by atoms with Crippen molar-refractivity contribution in [2.75, 3.05) is 10.3 Å². The second kappa shape index (κ2) is 8.73. The van der Waals surface area contributed by atoms with Crippen molar-refractivity contribution < 1.29 is 9.59 Å². The number of hydrogen-bond donors (Lipinski definition) is 1. The molecule has 30 heavy (non-hydrogen) atoms. The van der Waals surface area contributed by atoms with Gasteiger partial charge in [-0.1, -0.05) is 49.4 Å². The van der Waals surface area contributed by atoms with E-state index in [1.54, 1.807) is 29.1 Å². The van der Waals surface area contributed by atoms with Crippen LogP contribution in [0.15, 0.2) is 72.0 Å². The van der Waals surface area contributed by atoms with Crippen LogP contribution in [-0.4, -0.2) is 27.3 Å². The van der Waals surface area contributed by atoms with Crippen LogP contribution < -0.4 is 10.3 Å². The second-order valence-corrected chi connectivity index (χ2v) is 7.09. The van der Waals surface area contributed by atoms with Gasteiger partial charge in [0, 0.05) is 18.9 Å². The van der Waals surface area contributed by atoms with Crippen LogP contribution in [0, 0.1) is 0 Å². The third-order valence-electron chi connectivity index (χ3n) is 5.02. The molecule has 0 saturated carbocycles. The molecule has 0 atom stereocenters. The Bertz CT molecular complexity index is 1070. The Morgan fingerprint density at radius 3 is 2.47 bits per heavy atom. The normalized spacial score (nSPS) is 13.8. The van der Waals surface area contributed by atoms with E-state index in [1.165, 1.54) is 10.6 Å². The maximum atomic E-state index is 12.8. The number of aryl methyl sites for hydroxylation is 1. The van der Waals surface area contributed by atoms with Crippen molar-refractivity contribution >= 4 is 29.0 Å². The van der Waals surface area contributed by atoms with Crippen molar-refractivity contribution in [2.45, 2.75) is 32.7 Å². The number of carbonyl (C=O) groups is 2. The molecule has 1 aliphatic rings. The van der Waals surface area contributed by atoms with E-state index in [0.29, 0.717) is 30.2 Å². The summed E-state index contributed by atoms with van der Waals surface area (Å²) in [7, 11) is 0. The molecule has 0 saturated heterocycles. The van der Waals surface area contributed by atoms with Crippen LogP contribution in [0.4, 0.5) is 11.5 Å². The van der Waals surface area contributed by atoms with Crippen LogP contribution >= 0.6 is 0 Å². The van der Waals surface area contributed by atoms with Crippen LogP contribution in [0.2, 0.25) is 0 Å². The highest BCUT2D eigenvalue weighted by molar-refractivity contribution is 6.44. The molecule has 4 rings (SSSR count).